The molecule has 0 aromatic heterocycles. The van der Waals surface area contributed by atoms with Crippen LogP contribution in [0, 0.1) is 23.7 Å². The lowest BCUT2D eigenvalue weighted by Crippen LogP contribution is -2.40. The summed E-state index contributed by atoms with van der Waals surface area (Å²) in [6.45, 7) is 14.6. The summed E-state index contributed by atoms with van der Waals surface area (Å²) in [7, 11) is 0. The Bertz CT molecular complexity index is 212. The van der Waals surface area contributed by atoms with E-state index in [1.165, 1.54) is 25.9 Å². The van der Waals surface area contributed by atoms with Crippen LogP contribution < -0.4 is 0 Å². The smallest absolute Gasteiger partial charge is 0.0125 e. The van der Waals surface area contributed by atoms with Crippen LogP contribution in [0.1, 0.15) is 47.5 Å². The van der Waals surface area contributed by atoms with Crippen molar-refractivity contribution in [1.82, 2.24) is 4.90 Å². The summed E-state index contributed by atoms with van der Waals surface area (Å²) in [5, 5.41) is 0. The highest BCUT2D eigenvalue weighted by Gasteiger charge is 2.43. The van der Waals surface area contributed by atoms with E-state index in [9.17, 15) is 0 Å². The number of fused-ring (bicyclic) bond motifs is 1. The molecule has 2 fully saturated rings. The fourth-order valence-corrected chi connectivity index (χ4v) is 3.44. The topological polar surface area (TPSA) is 3.24 Å². The molecule has 88 valence electrons. The lowest BCUT2D eigenvalue weighted by Gasteiger charge is -2.33. The maximum absolute atomic E-state index is 2.69. The first-order chi connectivity index (χ1) is 6.88. The molecule has 0 spiro atoms. The van der Waals surface area contributed by atoms with Crippen molar-refractivity contribution in [1.29, 1.82) is 0 Å². The second-order valence-electron chi connectivity index (χ2n) is 7.07. The van der Waals surface area contributed by atoms with Crippen LogP contribution in [0.2, 0.25) is 0 Å². The van der Waals surface area contributed by atoms with Crippen LogP contribution in [-0.4, -0.2) is 23.5 Å². The maximum Gasteiger partial charge on any atom is 0.0125 e. The zero-order valence-corrected chi connectivity index (χ0v) is 11.1. The van der Waals surface area contributed by atoms with Crippen molar-refractivity contribution in [2.75, 3.05) is 13.1 Å². The normalized spacial score (nSPS) is 37.6. The Morgan fingerprint density at radius 2 is 1.47 bits per heavy atom. The van der Waals surface area contributed by atoms with Crippen LogP contribution >= 0.6 is 0 Å². The standard InChI is InChI=1S/C14H27N/c1-10(2)11-6-12-8-15(14(3,4)5)9-13(12)7-11/h10-13H,6-9H2,1-5H3. The Morgan fingerprint density at radius 3 is 1.80 bits per heavy atom. The van der Waals surface area contributed by atoms with Gasteiger partial charge in [-0.15, -0.1) is 0 Å². The second kappa shape index (κ2) is 3.76. The van der Waals surface area contributed by atoms with E-state index >= 15 is 0 Å². The van der Waals surface area contributed by atoms with Crippen molar-refractivity contribution in [3.05, 3.63) is 0 Å². The van der Waals surface area contributed by atoms with Crippen LogP contribution in [0.15, 0.2) is 0 Å². The van der Waals surface area contributed by atoms with E-state index in [1.807, 2.05) is 0 Å². The van der Waals surface area contributed by atoms with Gasteiger partial charge in [0.15, 0.2) is 0 Å². The van der Waals surface area contributed by atoms with Gasteiger partial charge in [0.1, 0.15) is 0 Å². The molecule has 2 unspecified atom stereocenters. The van der Waals surface area contributed by atoms with Crippen LogP contribution in [0.3, 0.4) is 0 Å². The van der Waals surface area contributed by atoms with Gasteiger partial charge in [0.2, 0.25) is 0 Å². The van der Waals surface area contributed by atoms with Gasteiger partial charge in [-0.25, -0.2) is 0 Å². The number of hydrogen-bond acceptors (Lipinski definition) is 1. The molecule has 2 rings (SSSR count). The molecule has 1 saturated heterocycles. The Labute approximate surface area is 95.2 Å². The van der Waals surface area contributed by atoms with Gasteiger partial charge in [-0.2, -0.15) is 0 Å². The lowest BCUT2D eigenvalue weighted by molar-refractivity contribution is 0.154. The second-order valence-corrected chi connectivity index (χ2v) is 7.07. The molecule has 1 aliphatic heterocycles. The predicted octanol–water partition coefficient (Wildman–Crippen LogP) is 3.40. The molecular weight excluding hydrogens is 182 g/mol. The number of nitrogens with zero attached hydrogens (tertiary/aromatic N) is 1. The molecule has 15 heavy (non-hydrogen) atoms. The molecule has 1 heterocycles. The zero-order valence-electron chi connectivity index (χ0n) is 11.1. The van der Waals surface area contributed by atoms with Crippen molar-refractivity contribution in [3.8, 4) is 0 Å². The fraction of sp³-hybridized carbons (Fsp3) is 1.00. The van der Waals surface area contributed by atoms with Gasteiger partial charge in [-0.3, -0.25) is 4.90 Å². The van der Waals surface area contributed by atoms with E-state index in [1.54, 1.807) is 0 Å². The average Bonchev–Trinajstić information content (AvgIpc) is 2.55. The average molecular weight is 209 g/mol. The summed E-state index contributed by atoms with van der Waals surface area (Å²) < 4.78 is 0. The van der Waals surface area contributed by atoms with Gasteiger partial charge in [-0.05, 0) is 57.3 Å². The molecule has 1 saturated carbocycles. The minimum Gasteiger partial charge on any atom is -0.298 e. The first-order valence-electron chi connectivity index (χ1n) is 6.63. The Balaban J connectivity index is 1.94. The lowest BCUT2D eigenvalue weighted by atomic mass is 9.92. The highest BCUT2D eigenvalue weighted by atomic mass is 15.2. The molecule has 1 heteroatoms. The zero-order chi connectivity index (χ0) is 11.2. The summed E-state index contributed by atoms with van der Waals surface area (Å²) in [5.41, 5.74) is 0.387. The molecule has 0 aromatic carbocycles. The summed E-state index contributed by atoms with van der Waals surface area (Å²) in [5.74, 6) is 3.94. The molecule has 0 aromatic rings. The van der Waals surface area contributed by atoms with Crippen LogP contribution in [0.4, 0.5) is 0 Å². The third-order valence-corrected chi connectivity index (χ3v) is 4.68. The minimum absolute atomic E-state index is 0.387. The molecule has 0 amide bonds. The largest absolute Gasteiger partial charge is 0.298 e. The van der Waals surface area contributed by atoms with Gasteiger partial charge in [0.05, 0.1) is 0 Å². The molecule has 2 atom stereocenters. The minimum atomic E-state index is 0.387. The van der Waals surface area contributed by atoms with E-state index in [0.717, 1.165) is 23.7 Å². The van der Waals surface area contributed by atoms with Crippen molar-refractivity contribution in [3.63, 3.8) is 0 Å². The molecule has 0 N–H and O–H groups in total. The van der Waals surface area contributed by atoms with E-state index in [-0.39, 0.29) is 0 Å². The first-order valence-corrected chi connectivity index (χ1v) is 6.63. The Hall–Kier alpha value is -0.0400. The molecule has 0 bridgehead atoms. The highest BCUT2D eigenvalue weighted by Crippen LogP contribution is 2.45. The van der Waals surface area contributed by atoms with E-state index in [0.29, 0.717) is 5.54 Å². The fourth-order valence-electron chi connectivity index (χ4n) is 3.44. The number of likely N-dealkylation sites (tertiary alicyclic amines) is 1. The van der Waals surface area contributed by atoms with Crippen LogP contribution in [-0.2, 0) is 0 Å². The quantitative estimate of drug-likeness (QED) is 0.640. The Kier molecular flexibility index (Phi) is 2.87. The Morgan fingerprint density at radius 1 is 1.00 bits per heavy atom. The van der Waals surface area contributed by atoms with Gasteiger partial charge >= 0.3 is 0 Å². The molecule has 2 aliphatic rings. The van der Waals surface area contributed by atoms with Crippen molar-refractivity contribution in [2.45, 2.75) is 53.0 Å². The maximum atomic E-state index is 2.69. The molecule has 1 nitrogen and oxygen atoms in total. The molecule has 0 radical (unpaired) electrons. The van der Waals surface area contributed by atoms with Crippen molar-refractivity contribution in [2.24, 2.45) is 23.7 Å². The van der Waals surface area contributed by atoms with E-state index in [4.69, 9.17) is 0 Å². The molecule has 1 aliphatic carbocycles. The number of hydrogen-bond donors (Lipinski definition) is 0. The summed E-state index contributed by atoms with van der Waals surface area (Å²) in [6.07, 6.45) is 2.99. The van der Waals surface area contributed by atoms with Crippen molar-refractivity contribution >= 4 is 0 Å². The molecular formula is C14H27N. The SMILES string of the molecule is CC(C)C1CC2CN(C(C)(C)C)CC2C1. The summed E-state index contributed by atoms with van der Waals surface area (Å²) in [6, 6.07) is 0. The van der Waals surface area contributed by atoms with Gasteiger partial charge in [0.25, 0.3) is 0 Å². The van der Waals surface area contributed by atoms with E-state index < -0.39 is 0 Å². The van der Waals surface area contributed by atoms with Crippen LogP contribution in [0.5, 0.6) is 0 Å². The number of rotatable bonds is 1. The monoisotopic (exact) mass is 209 g/mol. The first kappa shape index (κ1) is 11.4. The van der Waals surface area contributed by atoms with E-state index in [2.05, 4.69) is 39.5 Å². The van der Waals surface area contributed by atoms with Gasteiger partial charge in [0, 0.05) is 18.6 Å². The summed E-state index contributed by atoms with van der Waals surface area (Å²) in [4.78, 5) is 2.69. The summed E-state index contributed by atoms with van der Waals surface area (Å²) >= 11 is 0. The third-order valence-electron chi connectivity index (χ3n) is 4.68. The third kappa shape index (κ3) is 2.22. The highest BCUT2D eigenvalue weighted by molar-refractivity contribution is 4.96. The van der Waals surface area contributed by atoms with Crippen molar-refractivity contribution < 1.29 is 0 Å². The van der Waals surface area contributed by atoms with Gasteiger partial charge in [-0.1, -0.05) is 13.8 Å². The van der Waals surface area contributed by atoms with Crippen LogP contribution in [0.25, 0.3) is 0 Å². The predicted molar refractivity (Wildman–Crippen MR) is 65.9 cm³/mol. The van der Waals surface area contributed by atoms with Gasteiger partial charge < -0.3 is 0 Å².